The molecule has 2 aromatic heterocycles. The minimum absolute atomic E-state index is 0.803. The van der Waals surface area contributed by atoms with Crippen LogP contribution in [0.15, 0.2) is 70.5 Å². The van der Waals surface area contributed by atoms with E-state index < -0.39 is 0 Å². The second-order valence-corrected chi connectivity index (χ2v) is 7.30. The largest absolute Gasteiger partial charge is 0.496 e. The molecule has 2 heterocycles. The molecule has 0 radical (unpaired) electrons. The smallest absolute Gasteiger partial charge is 0.138 e. The fraction of sp³-hybridized carbons (Fsp3) is 0.0500. The monoisotopic (exact) mass is 410 g/mol. The van der Waals surface area contributed by atoms with Gasteiger partial charge in [0.25, 0.3) is 0 Å². The van der Waals surface area contributed by atoms with E-state index in [0.717, 1.165) is 38.6 Å². The number of H-pyrrole nitrogens is 1. The third-order valence-corrected chi connectivity index (χ3v) is 5.45. The van der Waals surface area contributed by atoms with Gasteiger partial charge in [-0.2, -0.15) is 0 Å². The normalized spacial score (nSPS) is 10.8. The third-order valence-electron chi connectivity index (χ3n) is 3.94. The molecule has 2 aromatic carbocycles. The van der Waals surface area contributed by atoms with Gasteiger partial charge in [-0.1, -0.05) is 36.4 Å². The van der Waals surface area contributed by atoms with Crippen LogP contribution in [-0.4, -0.2) is 17.1 Å². The van der Waals surface area contributed by atoms with Crippen molar-refractivity contribution in [1.82, 2.24) is 9.97 Å². The first-order valence-electron chi connectivity index (χ1n) is 7.79. The number of nitrogens with zero attached hydrogens (tertiary/aromatic N) is 1. The summed E-state index contributed by atoms with van der Waals surface area (Å²) in [6, 6.07) is 20.4. The fourth-order valence-corrected chi connectivity index (χ4v) is 3.99. The van der Waals surface area contributed by atoms with Crippen LogP contribution in [0.3, 0.4) is 0 Å². The van der Waals surface area contributed by atoms with E-state index in [1.807, 2.05) is 36.4 Å². The van der Waals surface area contributed by atoms with Gasteiger partial charge in [-0.25, -0.2) is 4.98 Å². The summed E-state index contributed by atoms with van der Waals surface area (Å²) >= 11 is 5.25. The molecule has 0 saturated carbocycles. The Morgan fingerprint density at radius 1 is 1.00 bits per heavy atom. The summed E-state index contributed by atoms with van der Waals surface area (Å²) in [5.41, 5.74) is 4.11. The van der Waals surface area contributed by atoms with Gasteiger partial charge in [0.05, 0.1) is 27.8 Å². The van der Waals surface area contributed by atoms with E-state index in [9.17, 15) is 0 Å². The maximum Gasteiger partial charge on any atom is 0.138 e. The maximum atomic E-state index is 5.32. The Balaban J connectivity index is 1.87. The molecule has 1 N–H and O–H groups in total. The van der Waals surface area contributed by atoms with Gasteiger partial charge in [0.2, 0.25) is 0 Å². The quantitative estimate of drug-likeness (QED) is 0.432. The zero-order valence-corrected chi connectivity index (χ0v) is 15.9. The molecule has 0 aliphatic carbocycles. The average molecular weight is 411 g/mol. The standard InChI is InChI=1S/C20H15BrN2OS/c1-24-16-10-9-14(12-15(16)21)20-22-18(13-6-3-2-4-7-13)19(23-20)17-8-5-11-25-17/h2-12H,1H3,(H,22,23). The van der Waals surface area contributed by atoms with Crippen LogP contribution in [-0.2, 0) is 0 Å². The van der Waals surface area contributed by atoms with Crippen molar-refractivity contribution in [3.8, 4) is 39.0 Å². The number of ether oxygens (including phenoxy) is 1. The molecule has 0 atom stereocenters. The summed E-state index contributed by atoms with van der Waals surface area (Å²) in [4.78, 5) is 9.57. The minimum atomic E-state index is 0.803. The van der Waals surface area contributed by atoms with Gasteiger partial charge in [-0.05, 0) is 45.6 Å². The number of hydrogen-bond acceptors (Lipinski definition) is 3. The van der Waals surface area contributed by atoms with E-state index in [-0.39, 0.29) is 0 Å². The third kappa shape index (κ3) is 3.13. The number of methoxy groups -OCH3 is 1. The van der Waals surface area contributed by atoms with E-state index >= 15 is 0 Å². The van der Waals surface area contributed by atoms with Crippen LogP contribution in [0.2, 0.25) is 0 Å². The van der Waals surface area contributed by atoms with Crippen molar-refractivity contribution in [3.63, 3.8) is 0 Å². The van der Waals surface area contributed by atoms with E-state index in [1.54, 1.807) is 18.4 Å². The summed E-state index contributed by atoms with van der Waals surface area (Å²) in [5.74, 6) is 1.64. The summed E-state index contributed by atoms with van der Waals surface area (Å²) in [5, 5.41) is 2.08. The van der Waals surface area contributed by atoms with Crippen molar-refractivity contribution in [1.29, 1.82) is 0 Å². The number of imidazole rings is 1. The Labute approximate surface area is 158 Å². The SMILES string of the molecule is COc1ccc(-c2nc(-c3ccccc3)c(-c3cccs3)[nH]2)cc1Br. The molecule has 4 rings (SSSR count). The lowest BCUT2D eigenvalue weighted by Gasteiger charge is -2.04. The molecule has 3 nitrogen and oxygen atoms in total. The van der Waals surface area contributed by atoms with Crippen LogP contribution < -0.4 is 4.74 Å². The maximum absolute atomic E-state index is 5.32. The zero-order chi connectivity index (χ0) is 17.2. The average Bonchev–Trinajstić information content (AvgIpc) is 3.32. The molecule has 0 aliphatic heterocycles. The number of rotatable bonds is 4. The molecule has 0 fully saturated rings. The highest BCUT2D eigenvalue weighted by Gasteiger charge is 2.16. The Bertz CT molecular complexity index is 994. The molecule has 25 heavy (non-hydrogen) atoms. The first-order chi connectivity index (χ1) is 12.3. The molecular weight excluding hydrogens is 396 g/mol. The molecule has 5 heteroatoms. The first-order valence-corrected chi connectivity index (χ1v) is 9.47. The minimum Gasteiger partial charge on any atom is -0.496 e. The van der Waals surface area contributed by atoms with Gasteiger partial charge in [0.15, 0.2) is 0 Å². The highest BCUT2D eigenvalue weighted by atomic mass is 79.9. The lowest BCUT2D eigenvalue weighted by atomic mass is 10.1. The van der Waals surface area contributed by atoms with Crippen LogP contribution in [0, 0.1) is 0 Å². The predicted octanol–water partition coefficient (Wildman–Crippen LogP) is 6.24. The van der Waals surface area contributed by atoms with Crippen molar-refractivity contribution >= 4 is 27.3 Å². The van der Waals surface area contributed by atoms with Crippen LogP contribution in [0.1, 0.15) is 0 Å². The van der Waals surface area contributed by atoms with Crippen molar-refractivity contribution < 1.29 is 4.74 Å². The summed E-state index contributed by atoms with van der Waals surface area (Å²) in [7, 11) is 1.66. The predicted molar refractivity (Wildman–Crippen MR) is 107 cm³/mol. The van der Waals surface area contributed by atoms with Crippen molar-refractivity contribution in [2.45, 2.75) is 0 Å². The molecule has 0 unspecified atom stereocenters. The second-order valence-electron chi connectivity index (χ2n) is 5.50. The summed E-state index contributed by atoms with van der Waals surface area (Å²) in [6.07, 6.45) is 0. The Hall–Kier alpha value is -2.37. The van der Waals surface area contributed by atoms with Gasteiger partial charge in [-0.3, -0.25) is 0 Å². The number of halogens is 1. The molecular formula is C20H15BrN2OS. The Kier molecular flexibility index (Phi) is 4.42. The van der Waals surface area contributed by atoms with Crippen molar-refractivity contribution in [2.24, 2.45) is 0 Å². The number of nitrogens with one attached hydrogen (secondary N) is 1. The lowest BCUT2D eigenvalue weighted by molar-refractivity contribution is 0.412. The number of thiophene rings is 1. The van der Waals surface area contributed by atoms with Gasteiger partial charge in [-0.15, -0.1) is 11.3 Å². The zero-order valence-electron chi connectivity index (χ0n) is 13.5. The molecule has 0 saturated heterocycles. The van der Waals surface area contributed by atoms with Crippen LogP contribution in [0.4, 0.5) is 0 Å². The first kappa shape index (κ1) is 16.1. The molecule has 0 amide bonds. The molecule has 0 aliphatic rings. The van der Waals surface area contributed by atoms with Gasteiger partial charge in [0, 0.05) is 11.1 Å². The van der Waals surface area contributed by atoms with Crippen LogP contribution in [0.5, 0.6) is 5.75 Å². The lowest BCUT2D eigenvalue weighted by Crippen LogP contribution is -1.86. The number of aromatic amines is 1. The van der Waals surface area contributed by atoms with Crippen LogP contribution >= 0.6 is 27.3 Å². The topological polar surface area (TPSA) is 37.9 Å². The van der Waals surface area contributed by atoms with Crippen molar-refractivity contribution in [2.75, 3.05) is 7.11 Å². The van der Waals surface area contributed by atoms with Gasteiger partial charge >= 0.3 is 0 Å². The molecule has 0 bridgehead atoms. The highest BCUT2D eigenvalue weighted by molar-refractivity contribution is 9.10. The Morgan fingerprint density at radius 3 is 2.52 bits per heavy atom. The Morgan fingerprint density at radius 2 is 1.84 bits per heavy atom. The van der Waals surface area contributed by atoms with E-state index in [1.165, 1.54) is 4.88 Å². The van der Waals surface area contributed by atoms with E-state index in [4.69, 9.17) is 9.72 Å². The van der Waals surface area contributed by atoms with Gasteiger partial charge in [0.1, 0.15) is 11.6 Å². The molecule has 124 valence electrons. The summed E-state index contributed by atoms with van der Waals surface area (Å²) in [6.45, 7) is 0. The van der Waals surface area contributed by atoms with E-state index in [2.05, 4.69) is 50.6 Å². The van der Waals surface area contributed by atoms with E-state index in [0.29, 0.717) is 0 Å². The second kappa shape index (κ2) is 6.86. The van der Waals surface area contributed by atoms with Crippen LogP contribution in [0.25, 0.3) is 33.2 Å². The number of hydrogen-bond donors (Lipinski definition) is 1. The molecule has 4 aromatic rings. The number of aromatic nitrogens is 2. The number of benzene rings is 2. The fourth-order valence-electron chi connectivity index (χ4n) is 2.73. The molecule has 0 spiro atoms. The highest BCUT2D eigenvalue weighted by Crippen LogP contribution is 2.36. The van der Waals surface area contributed by atoms with Crippen molar-refractivity contribution in [3.05, 3.63) is 70.5 Å². The van der Waals surface area contributed by atoms with Gasteiger partial charge < -0.3 is 9.72 Å². The summed E-state index contributed by atoms with van der Waals surface area (Å²) < 4.78 is 6.22.